The maximum Gasteiger partial charge on any atom is 0.140 e. The number of para-hydroxylation sites is 2. The average Bonchev–Trinajstić information content (AvgIpc) is 3.85. The molecule has 2 aromatic carbocycles. The largest absolute Gasteiger partial charge is 0.353 e. The lowest BCUT2D eigenvalue weighted by Crippen LogP contribution is -2.63. The first-order chi connectivity index (χ1) is 28.3. The van der Waals surface area contributed by atoms with Gasteiger partial charge in [0.05, 0.1) is 34.5 Å². The lowest BCUT2D eigenvalue weighted by Gasteiger charge is -2.64. The number of benzene rings is 2. The molecule has 2 unspecified atom stereocenters. The van der Waals surface area contributed by atoms with E-state index in [1.165, 1.54) is 87.9 Å². The number of fused-ring (bicyclic) bond motifs is 8. The number of nitrogens with zero attached hydrogens (tertiary/aromatic N) is 6. The molecule has 4 fully saturated rings. The summed E-state index contributed by atoms with van der Waals surface area (Å²) in [5, 5.41) is 1.35. The number of aromatic nitrogens is 3. The molecule has 3 aromatic heterocycles. The number of aryl methyl sites for hydroxylation is 3. The fraction of sp³-hybridized carbons (Fsp3) is 0.509. The molecule has 1 spiro atoms. The second-order valence-corrected chi connectivity index (χ2v) is 20.8. The number of hydrogen-bond donors (Lipinski definition) is 0. The third kappa shape index (κ3) is 4.24. The van der Waals surface area contributed by atoms with E-state index in [-0.39, 0.29) is 34.0 Å². The number of anilines is 2. The standard InChI is InChI=1S/C53H64N6/c1-12-17-39-43-33(4)59-45-31(2)18-15-21-41(45)51(7,50(5,6)52(59,8)46(43)56(10)48(39)54-9)24-23-36-19-13-14-22-42(36)58-32(3)44-40-20-16-25-55-49(40)57(11)47(44)53(58)37-27-34-26-35(29-37)30-38(53)28-34/h12-22,25,32-35,37-38H,9,23-24,26-30H2,1-8,10-11H3/b17-12-/t32-,33-,34?,35?,37?,38?,51?,52?,53?/m0/s1. The average molecular weight is 785 g/mol. The Hall–Kier alpha value is -4.58. The van der Waals surface area contributed by atoms with Crippen LogP contribution in [0.2, 0.25) is 0 Å². The fourth-order valence-electron chi connectivity index (χ4n) is 15.8. The molecule has 7 aliphatic rings. The molecule has 0 amide bonds. The van der Waals surface area contributed by atoms with Gasteiger partial charge in [-0.1, -0.05) is 69.3 Å². The number of allylic oxidation sites excluding steroid dienone is 1. The van der Waals surface area contributed by atoms with Gasteiger partial charge in [0, 0.05) is 64.6 Å². The van der Waals surface area contributed by atoms with Crippen molar-refractivity contribution in [2.75, 3.05) is 9.80 Å². The third-order valence-electron chi connectivity index (χ3n) is 18.4. The molecular weight excluding hydrogens is 721 g/mol. The fourth-order valence-corrected chi connectivity index (χ4v) is 15.8. The summed E-state index contributed by atoms with van der Waals surface area (Å²) < 4.78 is 4.92. The van der Waals surface area contributed by atoms with Crippen LogP contribution in [0.4, 0.5) is 17.2 Å². The summed E-state index contributed by atoms with van der Waals surface area (Å²) in [6.07, 6.45) is 15.4. The lowest BCUT2D eigenvalue weighted by molar-refractivity contribution is -0.0629. The Balaban J connectivity index is 1.06. The van der Waals surface area contributed by atoms with Gasteiger partial charge in [-0.25, -0.2) is 9.98 Å². The molecule has 6 heteroatoms. The molecule has 6 nitrogen and oxygen atoms in total. The normalized spacial score (nSPS) is 33.3. The van der Waals surface area contributed by atoms with Crippen molar-refractivity contribution in [2.45, 2.75) is 129 Å². The zero-order valence-electron chi connectivity index (χ0n) is 37.2. The minimum absolute atomic E-state index is 0.0100. The second-order valence-electron chi connectivity index (χ2n) is 20.8. The van der Waals surface area contributed by atoms with E-state index in [2.05, 4.69) is 167 Å². The SMILES string of the molecule is C=Nc1c(/C=C\C)c2c(n1C)C1(C)N(c3c(C)cccc3C(C)(CCc3ccccc3N3[C@@H](C)c4c(n(C)c5ncccc45)C34C3CC5CC(C3)CC4C5)C1(C)C)[C@H]2C. The number of hydrogen-bond acceptors (Lipinski definition) is 4. The van der Waals surface area contributed by atoms with Crippen LogP contribution in [-0.4, -0.2) is 20.8 Å². The summed E-state index contributed by atoms with van der Waals surface area (Å²) in [6.45, 7) is 23.8. The Morgan fingerprint density at radius 1 is 0.814 bits per heavy atom. The van der Waals surface area contributed by atoms with Gasteiger partial charge in [0.25, 0.3) is 0 Å². The van der Waals surface area contributed by atoms with E-state index in [9.17, 15) is 0 Å². The minimum Gasteiger partial charge on any atom is -0.353 e. The van der Waals surface area contributed by atoms with Crippen molar-refractivity contribution in [1.29, 1.82) is 0 Å². The molecule has 4 saturated carbocycles. The minimum atomic E-state index is -0.298. The van der Waals surface area contributed by atoms with Crippen LogP contribution in [0.25, 0.3) is 17.1 Å². The van der Waals surface area contributed by atoms with Gasteiger partial charge < -0.3 is 18.9 Å². The quantitative estimate of drug-likeness (QED) is 0.161. The molecule has 306 valence electrons. The monoisotopic (exact) mass is 785 g/mol. The molecule has 4 bridgehead atoms. The maximum absolute atomic E-state index is 5.02. The van der Waals surface area contributed by atoms with E-state index in [1.54, 1.807) is 5.69 Å². The van der Waals surface area contributed by atoms with Gasteiger partial charge in [0.2, 0.25) is 0 Å². The van der Waals surface area contributed by atoms with Crippen molar-refractivity contribution in [2.24, 2.45) is 48.2 Å². The smallest absolute Gasteiger partial charge is 0.140 e. The molecule has 3 aliphatic heterocycles. The van der Waals surface area contributed by atoms with Gasteiger partial charge >= 0.3 is 0 Å². The zero-order chi connectivity index (χ0) is 41.1. The van der Waals surface area contributed by atoms with E-state index in [1.807, 2.05) is 6.20 Å². The van der Waals surface area contributed by atoms with Gasteiger partial charge in [0.1, 0.15) is 11.5 Å². The van der Waals surface area contributed by atoms with Crippen LogP contribution in [-0.2, 0) is 37.0 Å². The highest BCUT2D eigenvalue weighted by atomic mass is 15.3. The molecular formula is C53H64N6. The van der Waals surface area contributed by atoms with Crippen LogP contribution >= 0.6 is 0 Å². The molecule has 4 atom stereocenters. The predicted molar refractivity (Wildman–Crippen MR) is 245 cm³/mol. The summed E-state index contributed by atoms with van der Waals surface area (Å²) in [6, 6.07) is 21.7. The van der Waals surface area contributed by atoms with Crippen molar-refractivity contribution in [3.05, 3.63) is 112 Å². The third-order valence-corrected chi connectivity index (χ3v) is 18.4. The van der Waals surface area contributed by atoms with Crippen LogP contribution < -0.4 is 9.80 Å². The molecule has 12 rings (SSSR count). The Morgan fingerprint density at radius 3 is 2.20 bits per heavy atom. The lowest BCUT2D eigenvalue weighted by atomic mass is 9.47. The predicted octanol–water partition coefficient (Wildman–Crippen LogP) is 12.5. The van der Waals surface area contributed by atoms with Crippen molar-refractivity contribution in [1.82, 2.24) is 14.1 Å². The highest BCUT2D eigenvalue weighted by Gasteiger charge is 2.68. The Kier molecular flexibility index (Phi) is 7.78. The van der Waals surface area contributed by atoms with Crippen molar-refractivity contribution < 1.29 is 0 Å². The molecule has 6 heterocycles. The number of aliphatic imine (C=N–C) groups is 1. The molecule has 5 aromatic rings. The van der Waals surface area contributed by atoms with E-state index in [4.69, 9.17) is 4.98 Å². The van der Waals surface area contributed by atoms with Gasteiger partial charge in [-0.15, -0.1) is 0 Å². The molecule has 0 saturated heterocycles. The summed E-state index contributed by atoms with van der Waals surface area (Å²) >= 11 is 0. The van der Waals surface area contributed by atoms with Crippen LogP contribution in [0, 0.1) is 36.0 Å². The topological polar surface area (TPSA) is 41.6 Å². The van der Waals surface area contributed by atoms with Crippen molar-refractivity contribution >= 4 is 41.0 Å². The highest BCUT2D eigenvalue weighted by Crippen LogP contribution is 2.72. The zero-order valence-corrected chi connectivity index (χ0v) is 37.2. The van der Waals surface area contributed by atoms with Crippen molar-refractivity contribution in [3.63, 3.8) is 0 Å². The summed E-state index contributed by atoms with van der Waals surface area (Å²) in [7, 11) is 4.55. The van der Waals surface area contributed by atoms with E-state index in [0.29, 0.717) is 11.8 Å². The Morgan fingerprint density at radius 2 is 1.51 bits per heavy atom. The Bertz CT molecular complexity index is 2590. The maximum atomic E-state index is 5.02. The van der Waals surface area contributed by atoms with Crippen molar-refractivity contribution in [3.8, 4) is 0 Å². The Labute approximate surface area is 352 Å². The van der Waals surface area contributed by atoms with E-state index >= 15 is 0 Å². The van der Waals surface area contributed by atoms with E-state index < -0.39 is 0 Å². The summed E-state index contributed by atoms with van der Waals surface area (Å²) in [4.78, 5) is 15.5. The van der Waals surface area contributed by atoms with Crippen LogP contribution in [0.3, 0.4) is 0 Å². The second kappa shape index (κ2) is 12.3. The first-order valence-corrected chi connectivity index (χ1v) is 22.8. The molecule has 4 aliphatic carbocycles. The summed E-state index contributed by atoms with van der Waals surface area (Å²) in [5.74, 6) is 4.09. The van der Waals surface area contributed by atoms with Crippen LogP contribution in [0.5, 0.6) is 0 Å². The number of pyridine rings is 1. The molecule has 0 radical (unpaired) electrons. The van der Waals surface area contributed by atoms with Gasteiger partial charge in [-0.05, 0) is 145 Å². The van der Waals surface area contributed by atoms with E-state index in [0.717, 1.165) is 36.1 Å². The van der Waals surface area contributed by atoms with Crippen LogP contribution in [0.15, 0.2) is 71.9 Å². The molecule has 59 heavy (non-hydrogen) atoms. The first-order valence-electron chi connectivity index (χ1n) is 22.8. The summed E-state index contributed by atoms with van der Waals surface area (Å²) in [5.41, 5.74) is 14.9. The highest BCUT2D eigenvalue weighted by molar-refractivity contribution is 5.87. The first kappa shape index (κ1) is 37.4. The number of rotatable bonds is 6. The van der Waals surface area contributed by atoms with Gasteiger partial charge in [-0.2, -0.15) is 0 Å². The van der Waals surface area contributed by atoms with Crippen LogP contribution in [0.1, 0.15) is 144 Å². The van der Waals surface area contributed by atoms with Gasteiger partial charge in [-0.3, -0.25) is 0 Å². The van der Waals surface area contributed by atoms with Gasteiger partial charge in [0.15, 0.2) is 0 Å². The molecule has 0 N–H and O–H groups in total.